The summed E-state index contributed by atoms with van der Waals surface area (Å²) in [5.74, 6) is -3.53. The summed E-state index contributed by atoms with van der Waals surface area (Å²) in [6.07, 6.45) is 1.17. The predicted molar refractivity (Wildman–Crippen MR) is 72.6 cm³/mol. The number of rotatable bonds is 7. The summed E-state index contributed by atoms with van der Waals surface area (Å²) in [5, 5.41) is 13.8. The Morgan fingerprint density at radius 2 is 1.95 bits per heavy atom. The van der Waals surface area contributed by atoms with Gasteiger partial charge in [0.05, 0.1) is 5.92 Å². The van der Waals surface area contributed by atoms with Crippen LogP contribution in [0, 0.1) is 17.6 Å². The molecule has 1 rings (SSSR count). The second-order valence-corrected chi connectivity index (χ2v) is 4.64. The highest BCUT2D eigenvalue weighted by atomic mass is 19.2. The molecule has 0 saturated carbocycles. The molecule has 0 aliphatic rings. The second-order valence-electron chi connectivity index (χ2n) is 4.64. The number of nitrogens with one attached hydrogen (secondary N) is 2. The van der Waals surface area contributed by atoms with E-state index in [-0.39, 0.29) is 13.1 Å². The van der Waals surface area contributed by atoms with Crippen LogP contribution >= 0.6 is 0 Å². The van der Waals surface area contributed by atoms with E-state index in [0.717, 1.165) is 12.1 Å². The van der Waals surface area contributed by atoms with Gasteiger partial charge in [0.1, 0.15) is 0 Å². The van der Waals surface area contributed by atoms with Crippen LogP contribution in [-0.4, -0.2) is 23.7 Å². The number of carbonyl (C=O) groups excluding carboxylic acids is 1. The average Bonchev–Trinajstić information content (AvgIpc) is 2.44. The first kappa shape index (κ1) is 16.9. The minimum atomic E-state index is -0.983. The zero-order valence-electron chi connectivity index (χ0n) is 11.7. The van der Waals surface area contributed by atoms with Crippen molar-refractivity contribution in [3.05, 3.63) is 35.4 Å². The number of carboxylic acids is 1. The van der Waals surface area contributed by atoms with Gasteiger partial charge in [-0.05, 0) is 24.1 Å². The van der Waals surface area contributed by atoms with Crippen LogP contribution in [0.5, 0.6) is 0 Å². The molecule has 0 aliphatic heterocycles. The molecule has 0 spiro atoms. The molecule has 0 aromatic heterocycles. The van der Waals surface area contributed by atoms with E-state index in [9.17, 15) is 18.4 Å². The number of amides is 2. The minimum absolute atomic E-state index is 0.0206. The fourth-order valence-corrected chi connectivity index (χ4v) is 1.77. The highest BCUT2D eigenvalue weighted by Crippen LogP contribution is 2.08. The Morgan fingerprint density at radius 3 is 2.52 bits per heavy atom. The Morgan fingerprint density at radius 1 is 1.24 bits per heavy atom. The molecule has 0 heterocycles. The Hall–Kier alpha value is -2.18. The number of urea groups is 1. The van der Waals surface area contributed by atoms with Crippen LogP contribution in [0.3, 0.4) is 0 Å². The van der Waals surface area contributed by atoms with Gasteiger partial charge in [0, 0.05) is 13.1 Å². The van der Waals surface area contributed by atoms with Crippen molar-refractivity contribution in [2.45, 2.75) is 26.3 Å². The lowest BCUT2D eigenvalue weighted by molar-refractivity contribution is -0.141. The van der Waals surface area contributed by atoms with E-state index in [1.54, 1.807) is 0 Å². The molecule has 1 aromatic rings. The maximum Gasteiger partial charge on any atom is 0.315 e. The van der Waals surface area contributed by atoms with Crippen LogP contribution in [0.25, 0.3) is 0 Å². The van der Waals surface area contributed by atoms with Gasteiger partial charge in [0.2, 0.25) is 0 Å². The van der Waals surface area contributed by atoms with E-state index in [1.165, 1.54) is 6.07 Å². The maximum atomic E-state index is 13.0. The van der Waals surface area contributed by atoms with E-state index in [2.05, 4.69) is 10.6 Å². The number of hydrogen-bond acceptors (Lipinski definition) is 2. The van der Waals surface area contributed by atoms with E-state index in [1.807, 2.05) is 6.92 Å². The first-order valence-electron chi connectivity index (χ1n) is 6.62. The van der Waals surface area contributed by atoms with E-state index >= 15 is 0 Å². The van der Waals surface area contributed by atoms with Crippen molar-refractivity contribution < 1.29 is 23.5 Å². The van der Waals surface area contributed by atoms with E-state index in [0.29, 0.717) is 18.4 Å². The predicted octanol–water partition coefficient (Wildman–Crippen LogP) is 2.26. The molecule has 0 bridgehead atoms. The molecule has 3 N–H and O–H groups in total. The molecule has 0 saturated heterocycles. The zero-order valence-corrected chi connectivity index (χ0v) is 11.7. The zero-order chi connectivity index (χ0) is 15.8. The van der Waals surface area contributed by atoms with Crippen LogP contribution in [0.1, 0.15) is 25.3 Å². The average molecular weight is 300 g/mol. The molecule has 1 aromatic carbocycles. The third-order valence-corrected chi connectivity index (χ3v) is 2.93. The number of aliphatic carboxylic acids is 1. The van der Waals surface area contributed by atoms with Gasteiger partial charge in [0.15, 0.2) is 11.6 Å². The lowest BCUT2D eigenvalue weighted by Crippen LogP contribution is -2.39. The highest BCUT2D eigenvalue weighted by molar-refractivity contribution is 5.75. The minimum Gasteiger partial charge on any atom is -0.481 e. The Labute approximate surface area is 121 Å². The molecule has 116 valence electrons. The molecule has 21 heavy (non-hydrogen) atoms. The highest BCUT2D eigenvalue weighted by Gasteiger charge is 2.17. The standard InChI is InChI=1S/C14H18F2N2O3/c1-2-3-10(13(19)20)8-18-14(21)17-7-9-4-5-11(15)12(16)6-9/h4-6,10H,2-3,7-8H2,1H3,(H,19,20)(H2,17,18,21). The van der Waals surface area contributed by atoms with Crippen LogP contribution in [0.2, 0.25) is 0 Å². The molecule has 2 amide bonds. The molecular weight excluding hydrogens is 282 g/mol. The molecular formula is C14H18F2N2O3. The third-order valence-electron chi connectivity index (χ3n) is 2.93. The summed E-state index contributed by atoms with van der Waals surface area (Å²) in [4.78, 5) is 22.4. The first-order valence-corrected chi connectivity index (χ1v) is 6.62. The van der Waals surface area contributed by atoms with Crippen LogP contribution in [0.4, 0.5) is 13.6 Å². The monoisotopic (exact) mass is 300 g/mol. The number of carboxylic acid groups (broad SMARTS) is 1. The van der Waals surface area contributed by atoms with Gasteiger partial charge in [-0.1, -0.05) is 19.4 Å². The lowest BCUT2D eigenvalue weighted by Gasteiger charge is -2.13. The van der Waals surface area contributed by atoms with Crippen LogP contribution in [-0.2, 0) is 11.3 Å². The molecule has 7 heteroatoms. The molecule has 5 nitrogen and oxygen atoms in total. The maximum absolute atomic E-state index is 13.0. The van der Waals surface area contributed by atoms with Crippen LogP contribution in [0.15, 0.2) is 18.2 Å². The van der Waals surface area contributed by atoms with E-state index < -0.39 is 29.6 Å². The Kier molecular flexibility index (Phi) is 6.58. The summed E-state index contributed by atoms with van der Waals surface area (Å²) in [6.45, 7) is 1.90. The number of hydrogen-bond donors (Lipinski definition) is 3. The topological polar surface area (TPSA) is 78.4 Å². The summed E-state index contributed by atoms with van der Waals surface area (Å²) in [7, 11) is 0. The van der Waals surface area contributed by atoms with Crippen molar-refractivity contribution in [2.75, 3.05) is 6.54 Å². The Bertz CT molecular complexity index is 509. The SMILES string of the molecule is CCCC(CNC(=O)NCc1ccc(F)c(F)c1)C(=O)O. The van der Waals surface area contributed by atoms with Crippen molar-refractivity contribution >= 4 is 12.0 Å². The van der Waals surface area contributed by atoms with Crippen molar-refractivity contribution in [3.8, 4) is 0 Å². The molecule has 0 radical (unpaired) electrons. The Balaban J connectivity index is 2.39. The largest absolute Gasteiger partial charge is 0.481 e. The van der Waals surface area contributed by atoms with Crippen molar-refractivity contribution in [3.63, 3.8) is 0 Å². The lowest BCUT2D eigenvalue weighted by atomic mass is 10.0. The van der Waals surface area contributed by atoms with Crippen molar-refractivity contribution in [1.29, 1.82) is 0 Å². The fraction of sp³-hybridized carbons (Fsp3) is 0.429. The molecule has 0 fully saturated rings. The van der Waals surface area contributed by atoms with Gasteiger partial charge in [-0.15, -0.1) is 0 Å². The van der Waals surface area contributed by atoms with Crippen molar-refractivity contribution in [2.24, 2.45) is 5.92 Å². The number of halogens is 2. The van der Waals surface area contributed by atoms with Gasteiger partial charge < -0.3 is 15.7 Å². The summed E-state index contributed by atoms with van der Waals surface area (Å²) in [6, 6.07) is 2.77. The normalized spacial score (nSPS) is 11.8. The molecule has 0 aliphatic carbocycles. The van der Waals surface area contributed by atoms with Gasteiger partial charge in [0.25, 0.3) is 0 Å². The first-order chi connectivity index (χ1) is 9.93. The van der Waals surface area contributed by atoms with Gasteiger partial charge in [-0.25, -0.2) is 13.6 Å². The van der Waals surface area contributed by atoms with Gasteiger partial charge >= 0.3 is 12.0 Å². The van der Waals surface area contributed by atoms with Gasteiger partial charge in [-0.3, -0.25) is 4.79 Å². The quantitative estimate of drug-likeness (QED) is 0.723. The van der Waals surface area contributed by atoms with Crippen LogP contribution < -0.4 is 10.6 Å². The molecule has 1 unspecified atom stereocenters. The fourth-order valence-electron chi connectivity index (χ4n) is 1.77. The number of benzene rings is 1. The number of carbonyl (C=O) groups is 2. The van der Waals surface area contributed by atoms with Crippen molar-refractivity contribution in [1.82, 2.24) is 10.6 Å². The summed E-state index contributed by atoms with van der Waals surface area (Å²) < 4.78 is 25.7. The smallest absolute Gasteiger partial charge is 0.315 e. The molecule has 1 atom stereocenters. The van der Waals surface area contributed by atoms with Gasteiger partial charge in [-0.2, -0.15) is 0 Å². The third kappa shape index (κ3) is 5.76. The van der Waals surface area contributed by atoms with E-state index in [4.69, 9.17) is 5.11 Å². The second kappa shape index (κ2) is 8.18. The summed E-state index contributed by atoms with van der Waals surface area (Å²) >= 11 is 0. The summed E-state index contributed by atoms with van der Waals surface area (Å²) in [5.41, 5.74) is 0.410.